The average molecular weight is 257 g/mol. The van der Waals surface area contributed by atoms with E-state index in [1.165, 1.54) is 6.33 Å². The first-order valence-electron chi connectivity index (χ1n) is 5.66. The van der Waals surface area contributed by atoms with Crippen molar-refractivity contribution in [2.75, 3.05) is 25.0 Å². The molecule has 1 amide bonds. The van der Waals surface area contributed by atoms with Gasteiger partial charge in [0.25, 0.3) is 0 Å². The summed E-state index contributed by atoms with van der Waals surface area (Å²) < 4.78 is 0. The summed E-state index contributed by atoms with van der Waals surface area (Å²) in [5, 5.41) is 3.42. The van der Waals surface area contributed by atoms with E-state index in [4.69, 9.17) is 11.6 Å². The van der Waals surface area contributed by atoms with Crippen molar-refractivity contribution in [3.8, 4) is 0 Å². The molecule has 1 aromatic rings. The van der Waals surface area contributed by atoms with E-state index in [-0.39, 0.29) is 5.91 Å². The van der Waals surface area contributed by atoms with E-state index < -0.39 is 0 Å². The van der Waals surface area contributed by atoms with Crippen molar-refractivity contribution in [3.63, 3.8) is 0 Å². The second kappa shape index (κ2) is 7.06. The van der Waals surface area contributed by atoms with Crippen molar-refractivity contribution < 1.29 is 4.79 Å². The highest BCUT2D eigenvalue weighted by Gasteiger charge is 2.08. The topological polar surface area (TPSA) is 58.1 Å². The van der Waals surface area contributed by atoms with Crippen molar-refractivity contribution in [1.29, 1.82) is 0 Å². The predicted octanol–water partition coefficient (Wildman–Crippen LogP) is 1.80. The molecule has 0 fully saturated rings. The van der Waals surface area contributed by atoms with Crippen LogP contribution in [0, 0.1) is 0 Å². The number of anilines is 1. The Bertz CT molecular complexity index is 368. The summed E-state index contributed by atoms with van der Waals surface area (Å²) in [5.74, 6) is 0.778. The van der Waals surface area contributed by atoms with E-state index in [1.807, 2.05) is 13.8 Å². The van der Waals surface area contributed by atoms with Crippen molar-refractivity contribution in [2.24, 2.45) is 0 Å². The second-order valence-electron chi connectivity index (χ2n) is 3.47. The number of halogens is 1. The second-order valence-corrected chi connectivity index (χ2v) is 3.86. The molecule has 1 heterocycles. The van der Waals surface area contributed by atoms with Crippen LogP contribution in [-0.4, -0.2) is 40.4 Å². The van der Waals surface area contributed by atoms with Crippen LogP contribution in [0.4, 0.5) is 5.82 Å². The normalized spacial score (nSPS) is 10.1. The summed E-state index contributed by atoms with van der Waals surface area (Å²) in [6.07, 6.45) is 1.83. The summed E-state index contributed by atoms with van der Waals surface area (Å²) in [6.45, 7) is 5.98. The average Bonchev–Trinajstić information content (AvgIpc) is 2.30. The van der Waals surface area contributed by atoms with Gasteiger partial charge in [-0.1, -0.05) is 11.6 Å². The number of rotatable bonds is 6. The molecule has 0 unspecified atom stereocenters. The molecule has 0 radical (unpaired) electrons. The smallest absolute Gasteiger partial charge is 0.224 e. The predicted molar refractivity (Wildman–Crippen MR) is 68.1 cm³/mol. The van der Waals surface area contributed by atoms with Gasteiger partial charge in [-0.3, -0.25) is 4.79 Å². The SMILES string of the molecule is CCN(CC)C(=O)CCNc1cc(Cl)ncn1. The number of aromatic nitrogens is 2. The van der Waals surface area contributed by atoms with E-state index in [1.54, 1.807) is 11.0 Å². The lowest BCUT2D eigenvalue weighted by Gasteiger charge is -2.18. The molecule has 0 saturated heterocycles. The van der Waals surface area contributed by atoms with E-state index in [0.29, 0.717) is 23.9 Å². The van der Waals surface area contributed by atoms with E-state index in [2.05, 4.69) is 15.3 Å². The Balaban J connectivity index is 2.35. The van der Waals surface area contributed by atoms with E-state index in [9.17, 15) is 4.79 Å². The molecule has 0 atom stereocenters. The van der Waals surface area contributed by atoms with Crippen LogP contribution in [0.2, 0.25) is 5.15 Å². The Morgan fingerprint density at radius 3 is 2.71 bits per heavy atom. The molecule has 94 valence electrons. The molecule has 0 bridgehead atoms. The number of carbonyl (C=O) groups excluding carboxylic acids is 1. The Morgan fingerprint density at radius 2 is 2.12 bits per heavy atom. The van der Waals surface area contributed by atoms with Gasteiger partial charge in [-0.15, -0.1) is 0 Å². The highest BCUT2D eigenvalue weighted by Crippen LogP contribution is 2.08. The molecule has 0 aromatic carbocycles. The first-order chi connectivity index (χ1) is 8.17. The highest BCUT2D eigenvalue weighted by atomic mass is 35.5. The first kappa shape index (κ1) is 13.7. The third kappa shape index (κ3) is 4.56. The monoisotopic (exact) mass is 256 g/mol. The molecule has 6 heteroatoms. The minimum Gasteiger partial charge on any atom is -0.369 e. The Morgan fingerprint density at radius 1 is 1.41 bits per heavy atom. The van der Waals surface area contributed by atoms with Crippen LogP contribution in [0.25, 0.3) is 0 Å². The molecule has 17 heavy (non-hydrogen) atoms. The number of hydrogen-bond donors (Lipinski definition) is 1. The zero-order valence-electron chi connectivity index (χ0n) is 10.1. The molecule has 0 aliphatic heterocycles. The summed E-state index contributed by atoms with van der Waals surface area (Å²) in [7, 11) is 0. The maximum Gasteiger partial charge on any atom is 0.224 e. The number of nitrogens with one attached hydrogen (secondary N) is 1. The molecule has 0 aliphatic rings. The van der Waals surface area contributed by atoms with Gasteiger partial charge in [0.1, 0.15) is 17.3 Å². The molecular weight excluding hydrogens is 240 g/mol. The first-order valence-corrected chi connectivity index (χ1v) is 6.04. The molecule has 1 N–H and O–H groups in total. The number of amides is 1. The minimum absolute atomic E-state index is 0.141. The Hall–Kier alpha value is -1.36. The van der Waals surface area contributed by atoms with Crippen LogP contribution < -0.4 is 5.32 Å². The highest BCUT2D eigenvalue weighted by molar-refractivity contribution is 6.29. The van der Waals surface area contributed by atoms with Crippen LogP contribution in [-0.2, 0) is 4.79 Å². The molecule has 1 aromatic heterocycles. The number of hydrogen-bond acceptors (Lipinski definition) is 4. The fraction of sp³-hybridized carbons (Fsp3) is 0.545. The van der Waals surface area contributed by atoms with Crippen LogP contribution in [0.5, 0.6) is 0 Å². The molecule has 0 aliphatic carbocycles. The van der Waals surface area contributed by atoms with Crippen LogP contribution >= 0.6 is 11.6 Å². The maximum atomic E-state index is 11.7. The zero-order valence-corrected chi connectivity index (χ0v) is 10.9. The van der Waals surface area contributed by atoms with E-state index >= 15 is 0 Å². The summed E-state index contributed by atoms with van der Waals surface area (Å²) in [5.41, 5.74) is 0. The lowest BCUT2D eigenvalue weighted by Crippen LogP contribution is -2.31. The molecule has 0 saturated carbocycles. The summed E-state index contributed by atoms with van der Waals surface area (Å²) >= 11 is 5.72. The Labute approximate surface area is 106 Å². The summed E-state index contributed by atoms with van der Waals surface area (Å²) in [4.78, 5) is 21.3. The van der Waals surface area contributed by atoms with Crippen LogP contribution in [0.15, 0.2) is 12.4 Å². The molecule has 5 nitrogen and oxygen atoms in total. The van der Waals surface area contributed by atoms with Gasteiger partial charge in [0, 0.05) is 32.1 Å². The standard InChI is InChI=1S/C11H17ClN4O/c1-3-16(4-2)11(17)5-6-13-10-7-9(12)14-8-15-10/h7-8H,3-6H2,1-2H3,(H,13,14,15). The van der Waals surface area contributed by atoms with Gasteiger partial charge in [-0.25, -0.2) is 9.97 Å². The van der Waals surface area contributed by atoms with Crippen LogP contribution in [0.1, 0.15) is 20.3 Å². The van der Waals surface area contributed by atoms with Gasteiger partial charge in [-0.2, -0.15) is 0 Å². The van der Waals surface area contributed by atoms with Gasteiger partial charge in [0.15, 0.2) is 0 Å². The fourth-order valence-corrected chi connectivity index (χ4v) is 1.61. The van der Waals surface area contributed by atoms with Gasteiger partial charge in [-0.05, 0) is 13.8 Å². The third-order valence-electron chi connectivity index (χ3n) is 2.39. The Kier molecular flexibility index (Phi) is 5.69. The molecule has 0 spiro atoms. The van der Waals surface area contributed by atoms with Crippen molar-refractivity contribution >= 4 is 23.3 Å². The largest absolute Gasteiger partial charge is 0.369 e. The molecular formula is C11H17ClN4O. The minimum atomic E-state index is 0.141. The summed E-state index contributed by atoms with van der Waals surface area (Å²) in [6, 6.07) is 1.63. The van der Waals surface area contributed by atoms with Crippen molar-refractivity contribution in [2.45, 2.75) is 20.3 Å². The number of carbonyl (C=O) groups is 1. The third-order valence-corrected chi connectivity index (χ3v) is 2.60. The van der Waals surface area contributed by atoms with Gasteiger partial charge >= 0.3 is 0 Å². The lowest BCUT2D eigenvalue weighted by molar-refractivity contribution is -0.130. The quantitative estimate of drug-likeness (QED) is 0.789. The van der Waals surface area contributed by atoms with E-state index in [0.717, 1.165) is 13.1 Å². The van der Waals surface area contributed by atoms with Gasteiger partial charge in [0.2, 0.25) is 5.91 Å². The van der Waals surface area contributed by atoms with Gasteiger partial charge < -0.3 is 10.2 Å². The number of nitrogens with zero attached hydrogens (tertiary/aromatic N) is 3. The molecule has 1 rings (SSSR count). The fourth-order valence-electron chi connectivity index (χ4n) is 1.46. The van der Waals surface area contributed by atoms with Gasteiger partial charge in [0.05, 0.1) is 0 Å². The van der Waals surface area contributed by atoms with Crippen molar-refractivity contribution in [1.82, 2.24) is 14.9 Å². The lowest BCUT2D eigenvalue weighted by atomic mass is 10.3. The maximum absolute atomic E-state index is 11.7. The van der Waals surface area contributed by atoms with Crippen LogP contribution in [0.3, 0.4) is 0 Å². The van der Waals surface area contributed by atoms with Crippen molar-refractivity contribution in [3.05, 3.63) is 17.5 Å². The zero-order chi connectivity index (χ0) is 12.7.